The summed E-state index contributed by atoms with van der Waals surface area (Å²) >= 11 is 0. The molecule has 8 heteroatoms. The Bertz CT molecular complexity index is 754. The molecule has 1 aliphatic carbocycles. The monoisotopic (exact) mass is 446 g/mol. The van der Waals surface area contributed by atoms with E-state index in [1.165, 1.54) is 6.42 Å². The van der Waals surface area contributed by atoms with Crippen molar-refractivity contribution in [2.24, 2.45) is 0 Å². The van der Waals surface area contributed by atoms with E-state index in [4.69, 9.17) is 14.2 Å². The molecule has 1 aromatic rings. The Labute approximate surface area is 189 Å². The lowest BCUT2D eigenvalue weighted by atomic mass is 9.98. The number of rotatable bonds is 9. The Balaban J connectivity index is 1.56. The minimum Gasteiger partial charge on any atom is -0.482 e. The lowest BCUT2D eigenvalue weighted by Gasteiger charge is -2.34. The maximum atomic E-state index is 13.2. The van der Waals surface area contributed by atoms with Crippen LogP contribution in [-0.4, -0.2) is 67.7 Å². The van der Waals surface area contributed by atoms with Crippen LogP contribution in [0.25, 0.3) is 0 Å². The quantitative estimate of drug-likeness (QED) is 0.583. The molecule has 32 heavy (non-hydrogen) atoms. The van der Waals surface area contributed by atoms with E-state index < -0.39 is 5.97 Å². The molecule has 176 valence electrons. The van der Waals surface area contributed by atoms with Gasteiger partial charge in [0.2, 0.25) is 0 Å². The molecule has 0 atom stereocenters. The van der Waals surface area contributed by atoms with E-state index in [-0.39, 0.29) is 43.8 Å². The molecule has 2 aliphatic rings. The summed E-state index contributed by atoms with van der Waals surface area (Å²) < 4.78 is 16.1. The van der Waals surface area contributed by atoms with Gasteiger partial charge in [-0.05, 0) is 82.8 Å². The Kier molecular flexibility index (Phi) is 9.34. The van der Waals surface area contributed by atoms with E-state index in [0.717, 1.165) is 51.6 Å². The summed E-state index contributed by atoms with van der Waals surface area (Å²) in [6.07, 6.45) is 6.80. The maximum absolute atomic E-state index is 13.2. The molecule has 0 spiro atoms. The van der Waals surface area contributed by atoms with Crippen molar-refractivity contribution in [2.75, 3.05) is 32.8 Å². The number of hydrogen-bond donors (Lipinski definition) is 1. The van der Waals surface area contributed by atoms with Gasteiger partial charge in [0.1, 0.15) is 18.4 Å². The Morgan fingerprint density at radius 2 is 1.66 bits per heavy atom. The molecular formula is C24H34N2O6. The number of carbonyl (C=O) groups excluding carboxylic acids is 3. The van der Waals surface area contributed by atoms with E-state index in [9.17, 15) is 14.4 Å². The van der Waals surface area contributed by atoms with Crippen LogP contribution >= 0.6 is 0 Å². The number of nitrogens with one attached hydrogen (secondary N) is 1. The van der Waals surface area contributed by atoms with Gasteiger partial charge in [0.15, 0.2) is 6.61 Å². The van der Waals surface area contributed by atoms with Crippen molar-refractivity contribution in [3.63, 3.8) is 0 Å². The fourth-order valence-corrected chi connectivity index (χ4v) is 4.24. The van der Waals surface area contributed by atoms with E-state index in [0.29, 0.717) is 11.3 Å². The fourth-order valence-electron chi connectivity index (χ4n) is 4.24. The fraction of sp³-hybridized carbons (Fsp3) is 0.625. The Hall–Kier alpha value is -2.61. The highest BCUT2D eigenvalue weighted by Crippen LogP contribution is 2.21. The highest BCUT2D eigenvalue weighted by molar-refractivity contribution is 5.96. The summed E-state index contributed by atoms with van der Waals surface area (Å²) in [4.78, 5) is 38.9. The molecule has 1 N–H and O–H groups in total. The molecule has 2 fully saturated rings. The normalized spacial score (nSPS) is 17.4. The number of amides is 1. The zero-order valence-electron chi connectivity index (χ0n) is 18.8. The van der Waals surface area contributed by atoms with Crippen LogP contribution in [0.3, 0.4) is 0 Å². The highest BCUT2D eigenvalue weighted by Gasteiger charge is 2.28. The topological polar surface area (TPSA) is 94.2 Å². The van der Waals surface area contributed by atoms with E-state index in [1.54, 1.807) is 36.1 Å². The number of ether oxygens (including phenoxy) is 3. The van der Waals surface area contributed by atoms with Crippen LogP contribution in [-0.2, 0) is 19.1 Å². The second-order valence-electron chi connectivity index (χ2n) is 8.28. The third-order valence-corrected chi connectivity index (χ3v) is 5.92. The number of carbonyl (C=O) groups is 3. The number of benzene rings is 1. The lowest BCUT2D eigenvalue weighted by molar-refractivity contribution is -0.152. The minimum absolute atomic E-state index is 0.000200. The van der Waals surface area contributed by atoms with Gasteiger partial charge in [-0.1, -0.05) is 6.42 Å². The predicted octanol–water partition coefficient (Wildman–Crippen LogP) is 2.70. The summed E-state index contributed by atoms with van der Waals surface area (Å²) in [6, 6.07) is 6.61. The first-order valence-electron chi connectivity index (χ1n) is 11.7. The standard InChI is InChI=1S/C24H34N2O6/c1-2-30-22(27)16-26(19-12-14-25-15-13-19)24(29)18-8-10-20(11-9-18)31-17-23(28)32-21-6-4-3-5-7-21/h8-11,19,21,25H,2-7,12-17H2,1H3. The van der Waals surface area contributed by atoms with Gasteiger partial charge in [-0.3, -0.25) is 9.59 Å². The molecule has 1 saturated carbocycles. The van der Waals surface area contributed by atoms with Crippen LogP contribution < -0.4 is 10.1 Å². The van der Waals surface area contributed by atoms with Gasteiger partial charge in [-0.2, -0.15) is 0 Å². The third-order valence-electron chi connectivity index (χ3n) is 5.92. The molecule has 0 radical (unpaired) electrons. The average Bonchev–Trinajstić information content (AvgIpc) is 2.82. The molecule has 1 heterocycles. The van der Waals surface area contributed by atoms with Crippen molar-refractivity contribution in [3.05, 3.63) is 29.8 Å². The first-order valence-corrected chi connectivity index (χ1v) is 11.7. The molecule has 0 bridgehead atoms. The van der Waals surface area contributed by atoms with Crippen LogP contribution in [0.1, 0.15) is 62.2 Å². The van der Waals surface area contributed by atoms with E-state index in [2.05, 4.69) is 5.32 Å². The smallest absolute Gasteiger partial charge is 0.344 e. The van der Waals surface area contributed by atoms with Crippen LogP contribution in [0.2, 0.25) is 0 Å². The lowest BCUT2D eigenvalue weighted by Crippen LogP contribution is -2.48. The first-order chi connectivity index (χ1) is 15.6. The number of hydrogen-bond acceptors (Lipinski definition) is 7. The molecule has 3 rings (SSSR count). The summed E-state index contributed by atoms with van der Waals surface area (Å²) in [5, 5.41) is 3.27. The maximum Gasteiger partial charge on any atom is 0.344 e. The van der Waals surface area contributed by atoms with Crippen molar-refractivity contribution in [2.45, 2.75) is 64.0 Å². The molecule has 0 aromatic heterocycles. The van der Waals surface area contributed by atoms with Gasteiger partial charge in [0.25, 0.3) is 5.91 Å². The zero-order valence-corrected chi connectivity index (χ0v) is 18.8. The summed E-state index contributed by atoms with van der Waals surface area (Å²) in [7, 11) is 0. The number of piperidine rings is 1. The van der Waals surface area contributed by atoms with Crippen molar-refractivity contribution < 1.29 is 28.6 Å². The summed E-state index contributed by atoms with van der Waals surface area (Å²) in [5.74, 6) is -0.506. The van der Waals surface area contributed by atoms with E-state index in [1.807, 2.05) is 0 Å². The van der Waals surface area contributed by atoms with Crippen LogP contribution in [0, 0.1) is 0 Å². The van der Waals surface area contributed by atoms with Crippen molar-refractivity contribution >= 4 is 17.8 Å². The summed E-state index contributed by atoms with van der Waals surface area (Å²) in [5.41, 5.74) is 0.463. The van der Waals surface area contributed by atoms with E-state index >= 15 is 0 Å². The Morgan fingerprint density at radius 3 is 2.31 bits per heavy atom. The highest BCUT2D eigenvalue weighted by atomic mass is 16.6. The first kappa shape index (κ1) is 24.0. The van der Waals surface area contributed by atoms with Gasteiger partial charge in [-0.15, -0.1) is 0 Å². The van der Waals surface area contributed by atoms with Crippen LogP contribution in [0.5, 0.6) is 5.75 Å². The largest absolute Gasteiger partial charge is 0.482 e. The van der Waals surface area contributed by atoms with Gasteiger partial charge in [-0.25, -0.2) is 4.79 Å². The van der Waals surface area contributed by atoms with Gasteiger partial charge in [0.05, 0.1) is 6.61 Å². The number of nitrogens with zero attached hydrogens (tertiary/aromatic N) is 1. The molecule has 8 nitrogen and oxygen atoms in total. The molecule has 1 aromatic carbocycles. The van der Waals surface area contributed by atoms with Gasteiger partial charge >= 0.3 is 11.9 Å². The van der Waals surface area contributed by atoms with Gasteiger partial charge in [0, 0.05) is 11.6 Å². The molecule has 0 unspecified atom stereocenters. The van der Waals surface area contributed by atoms with Crippen LogP contribution in [0.15, 0.2) is 24.3 Å². The van der Waals surface area contributed by atoms with Gasteiger partial charge < -0.3 is 24.4 Å². The second kappa shape index (κ2) is 12.4. The van der Waals surface area contributed by atoms with Crippen molar-refractivity contribution in [1.29, 1.82) is 0 Å². The molecule has 1 saturated heterocycles. The summed E-state index contributed by atoms with van der Waals surface area (Å²) in [6.45, 7) is 3.42. The molecular weight excluding hydrogens is 412 g/mol. The minimum atomic E-state index is -0.407. The Morgan fingerprint density at radius 1 is 0.969 bits per heavy atom. The zero-order chi connectivity index (χ0) is 22.8. The van der Waals surface area contributed by atoms with Crippen LogP contribution in [0.4, 0.5) is 0 Å². The predicted molar refractivity (Wildman–Crippen MR) is 118 cm³/mol. The third kappa shape index (κ3) is 7.22. The second-order valence-corrected chi connectivity index (χ2v) is 8.28. The average molecular weight is 447 g/mol. The molecule has 1 aliphatic heterocycles. The van der Waals surface area contributed by atoms with Crippen molar-refractivity contribution in [3.8, 4) is 5.75 Å². The van der Waals surface area contributed by atoms with Crippen molar-refractivity contribution in [1.82, 2.24) is 10.2 Å². The molecule has 1 amide bonds. The number of esters is 2. The SMILES string of the molecule is CCOC(=O)CN(C(=O)c1ccc(OCC(=O)OC2CCCCC2)cc1)C1CCNCC1.